The van der Waals surface area contributed by atoms with Crippen LogP contribution in [0.1, 0.15) is 38.2 Å². The maximum Gasteiger partial charge on any atom is 0.328 e. The van der Waals surface area contributed by atoms with Crippen molar-refractivity contribution in [3.05, 3.63) is 27.9 Å². The number of pyridine rings is 1. The molecule has 1 aromatic rings. The first-order valence-corrected chi connectivity index (χ1v) is 6.91. The van der Waals surface area contributed by atoms with Crippen LogP contribution in [0.5, 0.6) is 0 Å². The van der Waals surface area contributed by atoms with Crippen LogP contribution in [0, 0.1) is 33.3 Å². The van der Waals surface area contributed by atoms with E-state index in [4.69, 9.17) is 5.26 Å². The second kappa shape index (κ2) is 6.33. The Hall–Kier alpha value is -2.16. The fourth-order valence-corrected chi connectivity index (χ4v) is 2.78. The molecule has 0 spiro atoms. The van der Waals surface area contributed by atoms with Crippen LogP contribution in [0.2, 0.25) is 0 Å². The van der Waals surface area contributed by atoms with Crippen LogP contribution in [0.4, 0.5) is 11.5 Å². The zero-order valence-electron chi connectivity index (χ0n) is 11.5. The summed E-state index contributed by atoms with van der Waals surface area (Å²) < 4.78 is 0. The minimum absolute atomic E-state index is 0.0455. The summed E-state index contributed by atoms with van der Waals surface area (Å²) in [6.45, 7) is 2.89. The molecule has 0 radical (unpaired) electrons. The quantitative estimate of drug-likeness (QED) is 0.672. The predicted molar refractivity (Wildman–Crippen MR) is 75.2 cm³/mol. The molecule has 1 heterocycles. The van der Waals surface area contributed by atoms with Crippen molar-refractivity contribution in [3.8, 4) is 6.07 Å². The molecule has 1 saturated carbocycles. The highest BCUT2D eigenvalue weighted by Gasteiger charge is 2.24. The van der Waals surface area contributed by atoms with E-state index in [9.17, 15) is 10.1 Å². The molecule has 2 unspecified atom stereocenters. The van der Waals surface area contributed by atoms with Gasteiger partial charge in [-0.3, -0.25) is 10.1 Å². The first-order valence-electron chi connectivity index (χ1n) is 6.91. The smallest absolute Gasteiger partial charge is 0.328 e. The highest BCUT2D eigenvalue weighted by Crippen LogP contribution is 2.31. The van der Waals surface area contributed by atoms with Crippen molar-refractivity contribution in [2.24, 2.45) is 11.8 Å². The van der Waals surface area contributed by atoms with Gasteiger partial charge in [0, 0.05) is 12.7 Å². The number of nitro groups is 1. The van der Waals surface area contributed by atoms with Gasteiger partial charge >= 0.3 is 5.69 Å². The van der Waals surface area contributed by atoms with Crippen molar-refractivity contribution in [2.75, 3.05) is 11.9 Å². The Labute approximate surface area is 118 Å². The Morgan fingerprint density at radius 2 is 2.30 bits per heavy atom. The van der Waals surface area contributed by atoms with Crippen LogP contribution in [0.15, 0.2) is 12.3 Å². The summed E-state index contributed by atoms with van der Waals surface area (Å²) in [7, 11) is 0. The van der Waals surface area contributed by atoms with Gasteiger partial charge in [0.25, 0.3) is 0 Å². The summed E-state index contributed by atoms with van der Waals surface area (Å²) in [6, 6.07) is 3.21. The number of hydrogen-bond donors (Lipinski definition) is 1. The van der Waals surface area contributed by atoms with E-state index < -0.39 is 4.92 Å². The van der Waals surface area contributed by atoms with Gasteiger partial charge in [0.05, 0.1) is 4.92 Å². The normalized spacial score (nSPS) is 22.0. The predicted octanol–water partition coefficient (Wildman–Crippen LogP) is 3.10. The molecule has 2 atom stereocenters. The second-order valence-electron chi connectivity index (χ2n) is 5.33. The number of hydrogen-bond acceptors (Lipinski definition) is 5. The topological polar surface area (TPSA) is 91.8 Å². The van der Waals surface area contributed by atoms with Gasteiger partial charge in [-0.25, -0.2) is 4.98 Å². The zero-order chi connectivity index (χ0) is 14.5. The Balaban J connectivity index is 2.13. The molecule has 1 aliphatic rings. The average molecular weight is 274 g/mol. The first kappa shape index (κ1) is 14.3. The number of aromatic nitrogens is 1. The SMILES string of the molecule is CC1CCCCC1CNc1nccc(C#N)c1[N+](=O)[O-]. The van der Waals surface area contributed by atoms with Gasteiger partial charge in [0.15, 0.2) is 0 Å². The minimum atomic E-state index is -0.543. The third-order valence-corrected chi connectivity index (χ3v) is 4.05. The third-order valence-electron chi connectivity index (χ3n) is 4.05. The molecular weight excluding hydrogens is 256 g/mol. The number of nitrogens with one attached hydrogen (secondary N) is 1. The Morgan fingerprint density at radius 3 is 2.95 bits per heavy atom. The van der Waals surface area contributed by atoms with Crippen molar-refractivity contribution < 1.29 is 4.92 Å². The first-order chi connectivity index (χ1) is 9.63. The molecule has 0 saturated heterocycles. The molecule has 0 aromatic carbocycles. The minimum Gasteiger partial charge on any atom is -0.364 e. The summed E-state index contributed by atoms with van der Waals surface area (Å²) in [5.41, 5.74) is -0.178. The van der Waals surface area contributed by atoms with Crippen molar-refractivity contribution in [1.29, 1.82) is 5.26 Å². The van der Waals surface area contributed by atoms with Crippen LogP contribution in [0.25, 0.3) is 0 Å². The van der Waals surface area contributed by atoms with Crippen molar-refractivity contribution in [2.45, 2.75) is 32.6 Å². The van der Waals surface area contributed by atoms with Gasteiger partial charge < -0.3 is 5.32 Å². The lowest BCUT2D eigenvalue weighted by Gasteiger charge is -2.28. The maximum atomic E-state index is 11.1. The van der Waals surface area contributed by atoms with Crippen LogP contribution < -0.4 is 5.32 Å². The van der Waals surface area contributed by atoms with Gasteiger partial charge in [-0.05, 0) is 24.3 Å². The number of rotatable bonds is 4. The Morgan fingerprint density at radius 1 is 1.55 bits per heavy atom. The van der Waals surface area contributed by atoms with Gasteiger partial charge in [0.1, 0.15) is 11.6 Å². The lowest BCUT2D eigenvalue weighted by atomic mass is 9.80. The lowest BCUT2D eigenvalue weighted by Crippen LogP contribution is -2.25. The van der Waals surface area contributed by atoms with Gasteiger partial charge in [-0.15, -0.1) is 0 Å². The molecule has 1 aliphatic carbocycles. The summed E-state index contributed by atoms with van der Waals surface area (Å²) in [4.78, 5) is 14.6. The standard InChI is InChI=1S/C14H18N4O2/c1-10-4-2-3-5-12(10)9-17-14-13(18(19)20)11(8-15)6-7-16-14/h6-7,10,12H,2-5,9H2,1H3,(H,16,17). The number of nitrogens with zero attached hydrogens (tertiary/aromatic N) is 3. The van der Waals surface area contributed by atoms with E-state index in [-0.39, 0.29) is 17.1 Å². The second-order valence-corrected chi connectivity index (χ2v) is 5.33. The molecule has 2 rings (SSSR count). The average Bonchev–Trinajstić information content (AvgIpc) is 2.45. The Kier molecular flexibility index (Phi) is 4.51. The van der Waals surface area contributed by atoms with E-state index in [1.165, 1.54) is 31.5 Å². The van der Waals surface area contributed by atoms with Gasteiger partial charge in [-0.1, -0.05) is 26.2 Å². The van der Waals surface area contributed by atoms with Crippen molar-refractivity contribution >= 4 is 11.5 Å². The lowest BCUT2D eigenvalue weighted by molar-refractivity contribution is -0.384. The van der Waals surface area contributed by atoms with Crippen molar-refractivity contribution in [3.63, 3.8) is 0 Å². The summed E-state index contributed by atoms with van der Waals surface area (Å²) >= 11 is 0. The third kappa shape index (κ3) is 3.05. The maximum absolute atomic E-state index is 11.1. The largest absolute Gasteiger partial charge is 0.364 e. The van der Waals surface area contributed by atoms with Crippen LogP contribution >= 0.6 is 0 Å². The zero-order valence-corrected chi connectivity index (χ0v) is 11.5. The number of nitriles is 1. The molecule has 1 N–H and O–H groups in total. The van der Waals surface area contributed by atoms with Crippen LogP contribution in [0.3, 0.4) is 0 Å². The molecular formula is C14H18N4O2. The fraction of sp³-hybridized carbons (Fsp3) is 0.571. The summed E-state index contributed by atoms with van der Waals surface area (Å²) in [5, 5.41) is 23.1. The van der Waals surface area contributed by atoms with Gasteiger partial charge in [-0.2, -0.15) is 5.26 Å². The molecule has 106 valence electrons. The van der Waals surface area contributed by atoms with Crippen LogP contribution in [-0.2, 0) is 0 Å². The fourth-order valence-electron chi connectivity index (χ4n) is 2.78. The molecule has 20 heavy (non-hydrogen) atoms. The molecule has 1 aromatic heterocycles. The molecule has 1 fully saturated rings. The molecule has 0 amide bonds. The molecule has 0 aliphatic heterocycles. The van der Waals surface area contributed by atoms with E-state index in [0.717, 1.165) is 6.42 Å². The van der Waals surface area contributed by atoms with Crippen LogP contribution in [-0.4, -0.2) is 16.5 Å². The Bertz CT molecular complexity index is 538. The molecule has 6 nitrogen and oxygen atoms in total. The summed E-state index contributed by atoms with van der Waals surface area (Å²) in [5.74, 6) is 1.33. The van der Waals surface area contributed by atoms with E-state index in [2.05, 4.69) is 17.2 Å². The number of anilines is 1. The van der Waals surface area contributed by atoms with E-state index in [1.54, 1.807) is 0 Å². The monoisotopic (exact) mass is 274 g/mol. The van der Waals surface area contributed by atoms with Gasteiger partial charge in [0.2, 0.25) is 5.82 Å². The highest BCUT2D eigenvalue weighted by atomic mass is 16.6. The molecule has 6 heteroatoms. The van der Waals surface area contributed by atoms with E-state index >= 15 is 0 Å². The molecule has 0 bridgehead atoms. The summed E-state index contributed by atoms with van der Waals surface area (Å²) in [6.07, 6.45) is 6.25. The van der Waals surface area contributed by atoms with Crippen molar-refractivity contribution in [1.82, 2.24) is 4.98 Å². The van der Waals surface area contributed by atoms with E-state index in [1.807, 2.05) is 6.07 Å². The van der Waals surface area contributed by atoms with E-state index in [0.29, 0.717) is 18.4 Å². The highest BCUT2D eigenvalue weighted by molar-refractivity contribution is 5.64.